The van der Waals surface area contributed by atoms with Crippen molar-refractivity contribution in [1.29, 1.82) is 0 Å². The molecule has 0 aliphatic carbocycles. The third kappa shape index (κ3) is 3.93. The summed E-state index contributed by atoms with van der Waals surface area (Å²) < 4.78 is 32.2. The van der Waals surface area contributed by atoms with Crippen LogP contribution in [0.5, 0.6) is 0 Å². The van der Waals surface area contributed by atoms with E-state index in [1.807, 2.05) is 0 Å². The van der Waals surface area contributed by atoms with Crippen LogP contribution in [-0.4, -0.2) is 18.6 Å². The Balaban J connectivity index is 1.71. The summed E-state index contributed by atoms with van der Waals surface area (Å²) in [6.07, 6.45) is 0. The predicted octanol–water partition coefficient (Wildman–Crippen LogP) is 3.52. The zero-order valence-electron chi connectivity index (χ0n) is 12.1. The number of halogens is 2. The molecule has 0 aliphatic rings. The minimum Gasteiger partial charge on any atom is -0.419 e. The molecule has 0 unspecified atom stereocenters. The van der Waals surface area contributed by atoms with E-state index >= 15 is 0 Å². The highest BCUT2D eigenvalue weighted by atomic mass is 35.5. The molecule has 0 saturated carbocycles. The van der Waals surface area contributed by atoms with Crippen LogP contribution in [0.4, 0.5) is 0 Å². The van der Waals surface area contributed by atoms with Gasteiger partial charge in [-0.1, -0.05) is 23.2 Å². The first kappa shape index (κ1) is 16.9. The maximum absolute atomic E-state index is 12.2. The zero-order chi connectivity index (χ0) is 17.2. The van der Waals surface area contributed by atoms with Gasteiger partial charge in [0.25, 0.3) is 0 Å². The Kier molecular flexibility index (Phi) is 4.86. The zero-order valence-corrected chi connectivity index (χ0v) is 14.4. The van der Waals surface area contributed by atoms with Crippen molar-refractivity contribution >= 4 is 33.2 Å². The molecule has 124 valence electrons. The number of sulfonamides is 1. The van der Waals surface area contributed by atoms with Crippen LogP contribution in [0.2, 0.25) is 10.0 Å². The summed E-state index contributed by atoms with van der Waals surface area (Å²) in [5.74, 6) is 0.435. The van der Waals surface area contributed by atoms with Crippen molar-refractivity contribution in [2.24, 2.45) is 0 Å². The molecule has 0 bridgehead atoms. The van der Waals surface area contributed by atoms with Gasteiger partial charge in [0.05, 0.1) is 11.4 Å². The summed E-state index contributed by atoms with van der Waals surface area (Å²) in [6.45, 7) is -0.119. The monoisotopic (exact) mass is 383 g/mol. The van der Waals surface area contributed by atoms with Crippen LogP contribution in [-0.2, 0) is 16.6 Å². The van der Waals surface area contributed by atoms with Crippen molar-refractivity contribution in [1.82, 2.24) is 14.9 Å². The quantitative estimate of drug-likeness (QED) is 0.728. The first-order valence-corrected chi connectivity index (χ1v) is 9.01. The van der Waals surface area contributed by atoms with Gasteiger partial charge in [0.2, 0.25) is 21.8 Å². The third-order valence-electron chi connectivity index (χ3n) is 3.10. The summed E-state index contributed by atoms with van der Waals surface area (Å²) in [5.41, 5.74) is 0.693. The van der Waals surface area contributed by atoms with Crippen molar-refractivity contribution in [3.63, 3.8) is 0 Å². The average molecular weight is 384 g/mol. The second-order valence-corrected chi connectivity index (χ2v) is 7.43. The highest BCUT2D eigenvalue weighted by molar-refractivity contribution is 7.89. The SMILES string of the molecule is O=S(=O)(NCc1nnc(-c2ccc(Cl)cc2)o1)c1ccc(Cl)cc1. The van der Waals surface area contributed by atoms with Crippen molar-refractivity contribution < 1.29 is 12.8 Å². The van der Waals surface area contributed by atoms with Gasteiger partial charge in [-0.2, -0.15) is 0 Å². The van der Waals surface area contributed by atoms with Gasteiger partial charge < -0.3 is 4.42 Å². The van der Waals surface area contributed by atoms with Crippen molar-refractivity contribution in [3.05, 3.63) is 64.5 Å². The van der Waals surface area contributed by atoms with Crippen molar-refractivity contribution in [2.75, 3.05) is 0 Å². The smallest absolute Gasteiger partial charge is 0.247 e. The molecule has 0 saturated heterocycles. The summed E-state index contributed by atoms with van der Waals surface area (Å²) >= 11 is 11.6. The Bertz CT molecular complexity index is 939. The number of nitrogens with zero attached hydrogens (tertiary/aromatic N) is 2. The van der Waals surface area contributed by atoms with E-state index in [0.29, 0.717) is 15.6 Å². The van der Waals surface area contributed by atoms with Gasteiger partial charge >= 0.3 is 0 Å². The molecule has 0 fully saturated rings. The largest absolute Gasteiger partial charge is 0.419 e. The van der Waals surface area contributed by atoms with Crippen LogP contribution in [0.3, 0.4) is 0 Å². The fourth-order valence-corrected chi connectivity index (χ4v) is 3.11. The fourth-order valence-electron chi connectivity index (χ4n) is 1.89. The van der Waals surface area contributed by atoms with Gasteiger partial charge in [0.1, 0.15) is 0 Å². The second-order valence-electron chi connectivity index (χ2n) is 4.79. The van der Waals surface area contributed by atoms with Crippen LogP contribution >= 0.6 is 23.2 Å². The molecule has 3 rings (SSSR count). The minimum atomic E-state index is -3.69. The Morgan fingerprint density at radius 2 is 1.50 bits per heavy atom. The van der Waals surface area contributed by atoms with Crippen molar-refractivity contribution in [3.8, 4) is 11.5 Å². The van der Waals surface area contributed by atoms with E-state index in [4.69, 9.17) is 27.6 Å². The van der Waals surface area contributed by atoms with Crippen LogP contribution < -0.4 is 4.72 Å². The van der Waals surface area contributed by atoms with E-state index in [1.54, 1.807) is 24.3 Å². The molecule has 1 heterocycles. The Labute approximate surface area is 148 Å². The molecule has 0 spiro atoms. The Morgan fingerprint density at radius 3 is 2.12 bits per heavy atom. The number of aromatic nitrogens is 2. The fraction of sp³-hybridized carbons (Fsp3) is 0.0667. The van der Waals surface area contributed by atoms with Crippen LogP contribution in [0.1, 0.15) is 5.89 Å². The lowest BCUT2D eigenvalue weighted by Gasteiger charge is -2.04. The normalized spacial score (nSPS) is 11.6. The first-order valence-electron chi connectivity index (χ1n) is 6.77. The summed E-state index contributed by atoms with van der Waals surface area (Å²) in [6, 6.07) is 12.7. The molecular formula is C15H11Cl2N3O3S. The van der Waals surface area contributed by atoms with E-state index in [2.05, 4.69) is 14.9 Å². The number of benzene rings is 2. The molecule has 1 aromatic heterocycles. The van der Waals surface area contributed by atoms with Crippen LogP contribution in [0, 0.1) is 0 Å². The summed E-state index contributed by atoms with van der Waals surface area (Å²) in [4.78, 5) is 0.101. The minimum absolute atomic E-state index is 0.101. The third-order valence-corrected chi connectivity index (χ3v) is 5.02. The predicted molar refractivity (Wildman–Crippen MR) is 90.2 cm³/mol. The molecule has 3 aromatic rings. The summed E-state index contributed by atoms with van der Waals surface area (Å²) in [7, 11) is -3.69. The molecule has 2 aromatic carbocycles. The number of nitrogens with one attached hydrogen (secondary N) is 1. The topological polar surface area (TPSA) is 85.1 Å². The highest BCUT2D eigenvalue weighted by Gasteiger charge is 2.16. The lowest BCUT2D eigenvalue weighted by Crippen LogP contribution is -2.23. The first-order chi connectivity index (χ1) is 11.4. The van der Waals surface area contributed by atoms with E-state index in [9.17, 15) is 8.42 Å². The van der Waals surface area contributed by atoms with Crippen LogP contribution in [0.15, 0.2) is 57.8 Å². The highest BCUT2D eigenvalue weighted by Crippen LogP contribution is 2.20. The Hall–Kier alpha value is -1.93. The van der Waals surface area contributed by atoms with Crippen LogP contribution in [0.25, 0.3) is 11.5 Å². The average Bonchev–Trinajstić information content (AvgIpc) is 3.03. The Morgan fingerprint density at radius 1 is 0.917 bits per heavy atom. The van der Waals surface area contributed by atoms with E-state index < -0.39 is 10.0 Å². The molecule has 6 nitrogen and oxygen atoms in total. The van der Waals surface area contributed by atoms with Gasteiger partial charge in [-0.25, -0.2) is 13.1 Å². The van der Waals surface area contributed by atoms with Gasteiger partial charge in [-0.3, -0.25) is 0 Å². The molecule has 0 radical (unpaired) electrons. The second kappa shape index (κ2) is 6.90. The molecule has 0 amide bonds. The van der Waals surface area contributed by atoms with Gasteiger partial charge in [-0.15, -0.1) is 10.2 Å². The van der Waals surface area contributed by atoms with E-state index in [1.165, 1.54) is 24.3 Å². The van der Waals surface area contributed by atoms with E-state index in [-0.39, 0.29) is 23.2 Å². The van der Waals surface area contributed by atoms with Crippen molar-refractivity contribution in [2.45, 2.75) is 11.4 Å². The molecule has 0 atom stereocenters. The lowest BCUT2D eigenvalue weighted by molar-refractivity contribution is 0.494. The maximum Gasteiger partial charge on any atom is 0.247 e. The molecule has 1 N–H and O–H groups in total. The number of hydrogen-bond donors (Lipinski definition) is 1. The molecule has 9 heteroatoms. The van der Waals surface area contributed by atoms with Gasteiger partial charge in [0, 0.05) is 15.6 Å². The molecular weight excluding hydrogens is 373 g/mol. The number of hydrogen-bond acceptors (Lipinski definition) is 5. The summed E-state index contributed by atoms with van der Waals surface area (Å²) in [5, 5.41) is 8.77. The lowest BCUT2D eigenvalue weighted by atomic mass is 10.2. The van der Waals surface area contributed by atoms with Gasteiger partial charge in [0.15, 0.2) is 0 Å². The van der Waals surface area contributed by atoms with E-state index in [0.717, 1.165) is 0 Å². The number of rotatable bonds is 5. The molecule has 0 aliphatic heterocycles. The standard InChI is InChI=1S/C15H11Cl2N3O3S/c16-11-3-1-10(2-4-11)15-20-19-14(23-15)9-18-24(21,22)13-7-5-12(17)6-8-13/h1-8,18H,9H2. The van der Waals surface area contributed by atoms with Gasteiger partial charge in [-0.05, 0) is 48.5 Å². The maximum atomic E-state index is 12.2. The molecule has 24 heavy (non-hydrogen) atoms.